The van der Waals surface area contributed by atoms with E-state index >= 15 is 0 Å². The van der Waals surface area contributed by atoms with E-state index in [1.807, 2.05) is 0 Å². The van der Waals surface area contributed by atoms with Crippen LogP contribution in [-0.4, -0.2) is 30.7 Å². The number of hydrogen-bond acceptors (Lipinski definition) is 3. The summed E-state index contributed by atoms with van der Waals surface area (Å²) in [6.07, 6.45) is 0.122. The third-order valence-corrected chi connectivity index (χ3v) is 2.54. The number of benzene rings is 1. The van der Waals surface area contributed by atoms with Crippen molar-refractivity contribution in [3.8, 4) is 0 Å². The van der Waals surface area contributed by atoms with Crippen LogP contribution < -0.4 is 10.6 Å². The quantitative estimate of drug-likeness (QED) is 0.649. The lowest BCUT2D eigenvalue weighted by Gasteiger charge is -2.19. The molecule has 0 radical (unpaired) electrons. The molecule has 118 valence electrons. The fourth-order valence-corrected chi connectivity index (χ4v) is 1.61. The number of alkyl carbamates (subject to hydrolysis) is 1. The van der Waals surface area contributed by atoms with Crippen molar-refractivity contribution in [2.45, 2.75) is 32.8 Å². The maximum Gasteiger partial charge on any atom is 0.407 e. The summed E-state index contributed by atoms with van der Waals surface area (Å²) in [7, 11) is 0. The van der Waals surface area contributed by atoms with Crippen molar-refractivity contribution in [1.29, 1.82) is 0 Å². The number of ether oxygens (including phenoxy) is 1. The second-order valence-electron chi connectivity index (χ2n) is 5.70. The van der Waals surface area contributed by atoms with E-state index in [2.05, 4.69) is 15.5 Å². The van der Waals surface area contributed by atoms with Gasteiger partial charge in [0.05, 0.1) is 6.57 Å². The van der Waals surface area contributed by atoms with Crippen LogP contribution in [0.1, 0.15) is 37.6 Å². The van der Waals surface area contributed by atoms with E-state index in [0.29, 0.717) is 30.8 Å². The van der Waals surface area contributed by atoms with Gasteiger partial charge in [0.1, 0.15) is 5.60 Å². The Morgan fingerprint density at radius 3 is 2.55 bits per heavy atom. The molecule has 2 N–H and O–H groups in total. The van der Waals surface area contributed by atoms with E-state index in [0.717, 1.165) is 0 Å². The van der Waals surface area contributed by atoms with Crippen LogP contribution in [-0.2, 0) is 4.74 Å². The summed E-state index contributed by atoms with van der Waals surface area (Å²) in [6.45, 7) is 13.1. The Morgan fingerprint density at radius 2 is 1.91 bits per heavy atom. The van der Waals surface area contributed by atoms with Gasteiger partial charge in [-0.25, -0.2) is 9.64 Å². The molecule has 0 fully saturated rings. The molecule has 1 aromatic rings. The lowest BCUT2D eigenvalue weighted by molar-refractivity contribution is 0.0527. The van der Waals surface area contributed by atoms with Crippen LogP contribution in [0, 0.1) is 6.57 Å². The highest BCUT2D eigenvalue weighted by molar-refractivity contribution is 5.95. The Hall–Kier alpha value is -2.55. The molecule has 0 aliphatic carbocycles. The molecule has 0 aromatic heterocycles. The van der Waals surface area contributed by atoms with Crippen LogP contribution in [0.15, 0.2) is 24.3 Å². The van der Waals surface area contributed by atoms with Gasteiger partial charge < -0.3 is 15.4 Å². The van der Waals surface area contributed by atoms with Gasteiger partial charge in [0.25, 0.3) is 0 Å². The van der Waals surface area contributed by atoms with Gasteiger partial charge in [-0.2, -0.15) is 0 Å². The largest absolute Gasteiger partial charge is 0.444 e. The number of hydrogen-bond donors (Lipinski definition) is 2. The summed E-state index contributed by atoms with van der Waals surface area (Å²) in [5, 5.41) is 5.36. The number of nitrogens with one attached hydrogen (secondary N) is 2. The molecule has 0 saturated heterocycles. The topological polar surface area (TPSA) is 71.8 Å². The van der Waals surface area contributed by atoms with Crippen LogP contribution in [0.5, 0.6) is 0 Å². The highest BCUT2D eigenvalue weighted by Gasteiger charge is 2.15. The second-order valence-corrected chi connectivity index (χ2v) is 5.70. The lowest BCUT2D eigenvalue weighted by atomic mass is 10.2. The predicted molar refractivity (Wildman–Crippen MR) is 83.9 cm³/mol. The Morgan fingerprint density at radius 1 is 1.23 bits per heavy atom. The van der Waals surface area contributed by atoms with Gasteiger partial charge in [-0.15, -0.1) is 0 Å². The molecule has 0 spiro atoms. The zero-order chi connectivity index (χ0) is 16.6. The van der Waals surface area contributed by atoms with Crippen molar-refractivity contribution in [2.24, 2.45) is 0 Å². The maximum absolute atomic E-state index is 11.9. The summed E-state index contributed by atoms with van der Waals surface area (Å²) in [5.41, 5.74) is 0.361. The van der Waals surface area contributed by atoms with E-state index in [9.17, 15) is 9.59 Å². The average Bonchev–Trinajstić information content (AvgIpc) is 2.45. The first kappa shape index (κ1) is 17.5. The molecule has 1 aromatic carbocycles. The first-order valence-electron chi connectivity index (χ1n) is 7.04. The molecule has 0 unspecified atom stereocenters. The molecule has 6 nitrogen and oxygen atoms in total. The first-order chi connectivity index (χ1) is 10.3. The number of amides is 2. The third kappa shape index (κ3) is 6.75. The van der Waals surface area contributed by atoms with Gasteiger partial charge in [0.15, 0.2) is 5.69 Å². The van der Waals surface area contributed by atoms with E-state index in [1.165, 1.54) is 0 Å². The Balaban J connectivity index is 2.26. The normalized spacial score (nSPS) is 10.5. The summed E-state index contributed by atoms with van der Waals surface area (Å²) in [5.74, 6) is -0.234. The third-order valence-electron chi connectivity index (χ3n) is 2.54. The summed E-state index contributed by atoms with van der Waals surface area (Å²) in [6, 6.07) is 6.52. The molecule has 0 bridgehead atoms. The van der Waals surface area contributed by atoms with Gasteiger partial charge >= 0.3 is 6.09 Å². The zero-order valence-electron chi connectivity index (χ0n) is 13.1. The molecule has 0 atom stereocenters. The molecule has 0 aliphatic heterocycles. The number of rotatable bonds is 5. The lowest BCUT2D eigenvalue weighted by Crippen LogP contribution is -2.34. The highest BCUT2D eigenvalue weighted by atomic mass is 16.6. The Bertz CT molecular complexity index is 571. The average molecular weight is 303 g/mol. The van der Waals surface area contributed by atoms with Gasteiger partial charge in [-0.1, -0.05) is 18.2 Å². The van der Waals surface area contributed by atoms with E-state index in [1.54, 1.807) is 45.0 Å². The molecule has 22 heavy (non-hydrogen) atoms. The molecular formula is C16H21N3O3. The minimum absolute atomic E-state index is 0.234. The van der Waals surface area contributed by atoms with Gasteiger partial charge in [0, 0.05) is 18.7 Å². The second kappa shape index (κ2) is 8.03. The minimum Gasteiger partial charge on any atom is -0.444 e. The van der Waals surface area contributed by atoms with Gasteiger partial charge in [-0.05, 0) is 33.3 Å². The van der Waals surface area contributed by atoms with Crippen LogP contribution in [0.3, 0.4) is 0 Å². The van der Waals surface area contributed by atoms with Gasteiger partial charge in [0.2, 0.25) is 5.91 Å². The zero-order valence-corrected chi connectivity index (χ0v) is 13.1. The van der Waals surface area contributed by atoms with Crippen molar-refractivity contribution in [2.75, 3.05) is 13.1 Å². The van der Waals surface area contributed by atoms with Crippen molar-refractivity contribution in [1.82, 2.24) is 10.6 Å². The molecule has 1 rings (SSSR count). The molecule has 0 aliphatic rings. The standard InChI is InChI=1S/C16H21N3O3/c1-16(2,3)22-15(21)19-10-6-9-18-14(20)12-7-5-8-13(11-12)17-4/h5,7-8,11H,6,9-10H2,1-3H3,(H,18,20)(H,19,21). The van der Waals surface area contributed by atoms with Crippen molar-refractivity contribution >= 4 is 17.7 Å². The monoisotopic (exact) mass is 303 g/mol. The summed E-state index contributed by atoms with van der Waals surface area (Å²) < 4.78 is 5.09. The van der Waals surface area contributed by atoms with E-state index in [4.69, 9.17) is 11.3 Å². The number of nitrogens with zero attached hydrogens (tertiary/aromatic N) is 1. The smallest absolute Gasteiger partial charge is 0.407 e. The fourth-order valence-electron chi connectivity index (χ4n) is 1.61. The van der Waals surface area contributed by atoms with Crippen molar-refractivity contribution in [3.63, 3.8) is 0 Å². The SMILES string of the molecule is [C-]#[N+]c1cccc(C(=O)NCCCNC(=O)OC(C)(C)C)c1. The highest BCUT2D eigenvalue weighted by Crippen LogP contribution is 2.13. The van der Waals surface area contributed by atoms with Crippen molar-refractivity contribution in [3.05, 3.63) is 41.2 Å². The van der Waals surface area contributed by atoms with Crippen molar-refractivity contribution < 1.29 is 14.3 Å². The molecule has 0 saturated carbocycles. The maximum atomic E-state index is 11.9. The summed E-state index contributed by atoms with van der Waals surface area (Å²) >= 11 is 0. The van der Waals surface area contributed by atoms with Crippen LogP contribution in [0.4, 0.5) is 10.5 Å². The Labute approximate surface area is 130 Å². The predicted octanol–water partition coefficient (Wildman–Crippen LogP) is 2.88. The molecule has 0 heterocycles. The molecular weight excluding hydrogens is 282 g/mol. The van der Waals surface area contributed by atoms with Crippen LogP contribution in [0.25, 0.3) is 4.85 Å². The fraction of sp³-hybridized carbons (Fsp3) is 0.438. The van der Waals surface area contributed by atoms with Gasteiger partial charge in [-0.3, -0.25) is 4.79 Å². The summed E-state index contributed by atoms with van der Waals surface area (Å²) in [4.78, 5) is 26.6. The number of carbonyl (C=O) groups is 2. The first-order valence-corrected chi connectivity index (χ1v) is 7.04. The molecule has 2 amide bonds. The number of carbonyl (C=O) groups excluding carboxylic acids is 2. The Kier molecular flexibility index (Phi) is 6.39. The van der Waals surface area contributed by atoms with Crippen LogP contribution >= 0.6 is 0 Å². The van der Waals surface area contributed by atoms with E-state index in [-0.39, 0.29) is 5.91 Å². The van der Waals surface area contributed by atoms with Crippen LogP contribution in [0.2, 0.25) is 0 Å². The van der Waals surface area contributed by atoms with E-state index < -0.39 is 11.7 Å². The minimum atomic E-state index is -0.522. The molecule has 6 heteroatoms.